The van der Waals surface area contributed by atoms with Gasteiger partial charge in [-0.1, -0.05) is 53.4 Å². The Hall–Kier alpha value is -2.01. The monoisotopic (exact) mass is 472 g/mol. The molecule has 2 rings (SSSR count). The lowest BCUT2D eigenvalue weighted by atomic mass is 10.2. The summed E-state index contributed by atoms with van der Waals surface area (Å²) >= 11 is 0. The molecular weight excluding hydrogens is 428 g/mol. The fourth-order valence-electron chi connectivity index (χ4n) is 3.94. The van der Waals surface area contributed by atoms with Gasteiger partial charge in [0.1, 0.15) is 0 Å². The highest BCUT2D eigenvalue weighted by Gasteiger charge is 2.19. The summed E-state index contributed by atoms with van der Waals surface area (Å²) in [5.74, 6) is 0. The van der Waals surface area contributed by atoms with Gasteiger partial charge in [-0.15, -0.1) is 0 Å². The molecule has 33 heavy (non-hydrogen) atoms. The second kappa shape index (κ2) is 14.3. The third-order valence-electron chi connectivity index (χ3n) is 6.15. The summed E-state index contributed by atoms with van der Waals surface area (Å²) < 4.78 is 26.5. The number of rotatable bonds is 16. The van der Waals surface area contributed by atoms with Crippen LogP contribution in [0.4, 0.5) is 11.4 Å². The molecule has 0 unspecified atom stereocenters. The molecule has 0 aliphatic heterocycles. The van der Waals surface area contributed by atoms with Crippen LogP contribution in [-0.2, 0) is 9.84 Å². The van der Waals surface area contributed by atoms with Crippen molar-refractivity contribution >= 4 is 21.2 Å². The highest BCUT2D eigenvalue weighted by Crippen LogP contribution is 2.26. The van der Waals surface area contributed by atoms with Gasteiger partial charge in [-0.05, 0) is 74.2 Å². The summed E-state index contributed by atoms with van der Waals surface area (Å²) in [6.07, 6.45) is 9.18. The zero-order valence-corrected chi connectivity index (χ0v) is 22.0. The van der Waals surface area contributed by atoms with Crippen LogP contribution in [0.3, 0.4) is 0 Å². The van der Waals surface area contributed by atoms with Gasteiger partial charge in [-0.25, -0.2) is 8.42 Å². The molecular formula is C28H44N2O2S. The molecule has 0 radical (unpaired) electrons. The largest absolute Gasteiger partial charge is 0.372 e. The second-order valence-corrected chi connectivity index (χ2v) is 10.8. The molecule has 0 atom stereocenters. The quantitative estimate of drug-likeness (QED) is 0.256. The van der Waals surface area contributed by atoms with Crippen LogP contribution in [-0.4, -0.2) is 34.6 Å². The lowest BCUT2D eigenvalue weighted by Gasteiger charge is -2.25. The van der Waals surface area contributed by atoms with Crippen molar-refractivity contribution in [1.82, 2.24) is 0 Å². The first kappa shape index (κ1) is 27.2. The van der Waals surface area contributed by atoms with E-state index in [0.29, 0.717) is 9.79 Å². The zero-order valence-electron chi connectivity index (χ0n) is 21.2. The maximum atomic E-state index is 13.3. The minimum atomic E-state index is -3.53. The second-order valence-electron chi connectivity index (χ2n) is 8.88. The molecule has 0 bridgehead atoms. The summed E-state index contributed by atoms with van der Waals surface area (Å²) in [4.78, 5) is 5.47. The van der Waals surface area contributed by atoms with E-state index in [4.69, 9.17) is 0 Å². The first-order chi connectivity index (χ1) is 16.0. The Bertz CT molecular complexity index is 807. The van der Waals surface area contributed by atoms with E-state index in [1.54, 1.807) is 24.3 Å². The molecule has 0 aliphatic carbocycles. The van der Waals surface area contributed by atoms with Gasteiger partial charge in [0.25, 0.3) is 0 Å². The van der Waals surface area contributed by atoms with E-state index in [-0.39, 0.29) is 0 Å². The molecule has 0 saturated carbocycles. The van der Waals surface area contributed by atoms with E-state index >= 15 is 0 Å². The van der Waals surface area contributed by atoms with E-state index in [1.807, 2.05) is 24.3 Å². The molecule has 0 amide bonds. The minimum absolute atomic E-state index is 0.360. The maximum Gasteiger partial charge on any atom is 0.206 e. The van der Waals surface area contributed by atoms with Crippen LogP contribution in [0.15, 0.2) is 58.3 Å². The van der Waals surface area contributed by atoms with Crippen LogP contribution in [0.5, 0.6) is 0 Å². The maximum absolute atomic E-state index is 13.3. The Morgan fingerprint density at radius 3 is 1.03 bits per heavy atom. The molecule has 5 heteroatoms. The van der Waals surface area contributed by atoms with Gasteiger partial charge in [0.05, 0.1) is 9.79 Å². The third-order valence-corrected chi connectivity index (χ3v) is 7.94. The van der Waals surface area contributed by atoms with Crippen LogP contribution < -0.4 is 9.80 Å². The topological polar surface area (TPSA) is 40.6 Å². The Morgan fingerprint density at radius 1 is 0.515 bits per heavy atom. The summed E-state index contributed by atoms with van der Waals surface area (Å²) in [6.45, 7) is 12.8. The molecule has 0 spiro atoms. The average molecular weight is 473 g/mol. The van der Waals surface area contributed by atoms with Crippen LogP contribution in [0.25, 0.3) is 0 Å². The van der Waals surface area contributed by atoms with E-state index in [1.165, 1.54) is 0 Å². The average Bonchev–Trinajstić information content (AvgIpc) is 2.84. The normalized spacial score (nSPS) is 11.5. The number of benzene rings is 2. The van der Waals surface area contributed by atoms with Gasteiger partial charge in [0, 0.05) is 37.6 Å². The Morgan fingerprint density at radius 2 is 0.788 bits per heavy atom. The highest BCUT2D eigenvalue weighted by atomic mass is 32.2. The van der Waals surface area contributed by atoms with Crippen molar-refractivity contribution in [2.75, 3.05) is 36.0 Å². The van der Waals surface area contributed by atoms with E-state index < -0.39 is 9.84 Å². The number of nitrogens with zero attached hydrogens (tertiary/aromatic N) is 2. The van der Waals surface area contributed by atoms with Gasteiger partial charge in [0.2, 0.25) is 9.84 Å². The number of hydrogen-bond donors (Lipinski definition) is 0. The van der Waals surface area contributed by atoms with Crippen molar-refractivity contribution in [3.63, 3.8) is 0 Å². The smallest absolute Gasteiger partial charge is 0.206 e. The van der Waals surface area contributed by atoms with Crippen molar-refractivity contribution in [2.45, 2.75) is 88.9 Å². The fraction of sp³-hybridized carbons (Fsp3) is 0.571. The Labute approximate surface area is 202 Å². The summed E-state index contributed by atoms with van der Waals surface area (Å²) in [6, 6.07) is 14.9. The van der Waals surface area contributed by atoms with Crippen LogP contribution in [0.1, 0.15) is 79.1 Å². The SMILES string of the molecule is CCCCN(CCCC)c1ccc(S(=O)(=O)c2ccc(N(CCCC)CCCC)cc2)cc1. The Balaban J connectivity index is 2.19. The van der Waals surface area contributed by atoms with Gasteiger partial charge < -0.3 is 9.80 Å². The third kappa shape index (κ3) is 8.06. The first-order valence-electron chi connectivity index (χ1n) is 12.9. The van der Waals surface area contributed by atoms with Crippen molar-refractivity contribution < 1.29 is 8.42 Å². The van der Waals surface area contributed by atoms with Crippen LogP contribution in [0.2, 0.25) is 0 Å². The summed E-state index contributed by atoms with van der Waals surface area (Å²) in [7, 11) is -3.53. The molecule has 0 aliphatic rings. The molecule has 2 aromatic carbocycles. The van der Waals surface area contributed by atoms with Gasteiger partial charge in [-0.3, -0.25) is 0 Å². The number of unbranched alkanes of at least 4 members (excludes halogenated alkanes) is 4. The van der Waals surface area contributed by atoms with E-state index in [2.05, 4.69) is 37.5 Å². The summed E-state index contributed by atoms with van der Waals surface area (Å²) in [5, 5.41) is 0. The fourth-order valence-corrected chi connectivity index (χ4v) is 5.21. The molecule has 0 N–H and O–H groups in total. The Kier molecular flexibility index (Phi) is 11.8. The van der Waals surface area contributed by atoms with Crippen molar-refractivity contribution in [2.24, 2.45) is 0 Å². The number of hydrogen-bond acceptors (Lipinski definition) is 4. The predicted molar refractivity (Wildman–Crippen MR) is 142 cm³/mol. The van der Waals surface area contributed by atoms with Crippen molar-refractivity contribution in [3.8, 4) is 0 Å². The van der Waals surface area contributed by atoms with Crippen molar-refractivity contribution in [1.29, 1.82) is 0 Å². The van der Waals surface area contributed by atoms with Crippen molar-refractivity contribution in [3.05, 3.63) is 48.5 Å². The molecule has 0 aromatic heterocycles. The number of anilines is 2. The lowest BCUT2D eigenvalue weighted by Crippen LogP contribution is -2.25. The summed E-state index contributed by atoms with van der Waals surface area (Å²) in [5.41, 5.74) is 2.21. The van der Waals surface area contributed by atoms with Crippen LogP contribution >= 0.6 is 0 Å². The lowest BCUT2D eigenvalue weighted by molar-refractivity contribution is 0.596. The molecule has 0 heterocycles. The van der Waals surface area contributed by atoms with Gasteiger partial charge in [0.15, 0.2) is 0 Å². The molecule has 2 aromatic rings. The van der Waals surface area contributed by atoms with Crippen LogP contribution in [0, 0.1) is 0 Å². The number of sulfone groups is 1. The standard InChI is InChI=1S/C28H44N2O2S/c1-5-9-21-29(22-10-6-2)25-13-17-27(18-14-25)33(31,32)28-19-15-26(16-20-28)30(23-11-7-3)24-12-8-4/h13-20H,5-12,21-24H2,1-4H3. The predicted octanol–water partition coefficient (Wildman–Crippen LogP) is 7.33. The molecule has 0 fully saturated rings. The van der Waals surface area contributed by atoms with E-state index in [9.17, 15) is 8.42 Å². The zero-order chi connectivity index (χ0) is 24.1. The highest BCUT2D eigenvalue weighted by molar-refractivity contribution is 7.91. The van der Waals surface area contributed by atoms with Gasteiger partial charge in [-0.2, -0.15) is 0 Å². The molecule has 184 valence electrons. The van der Waals surface area contributed by atoms with Gasteiger partial charge >= 0.3 is 0 Å². The van der Waals surface area contributed by atoms with E-state index in [0.717, 1.165) is 88.9 Å². The minimum Gasteiger partial charge on any atom is -0.372 e. The first-order valence-corrected chi connectivity index (χ1v) is 14.4. The molecule has 0 saturated heterocycles. The molecule has 4 nitrogen and oxygen atoms in total.